The molecule has 0 unspecified atom stereocenters. The number of esters is 1. The Kier molecular flexibility index (Phi) is 5.57. The molecule has 1 aliphatic carbocycles. The van der Waals surface area contributed by atoms with Crippen LogP contribution in [0.25, 0.3) is 0 Å². The van der Waals surface area contributed by atoms with Crippen molar-refractivity contribution < 1.29 is 28.4 Å². The second-order valence-corrected chi connectivity index (χ2v) is 7.24. The lowest BCUT2D eigenvalue weighted by Gasteiger charge is -2.19. The Morgan fingerprint density at radius 3 is 2.44 bits per heavy atom. The topological polar surface area (TPSA) is 119 Å². The zero-order chi connectivity index (χ0) is 19.6. The van der Waals surface area contributed by atoms with Crippen molar-refractivity contribution in [2.24, 2.45) is 11.8 Å². The van der Waals surface area contributed by atoms with E-state index in [4.69, 9.17) is 9.26 Å². The molecule has 146 valence electrons. The molecule has 1 aromatic rings. The number of carbonyl (C=O) groups excluding carboxylic acids is 4. The number of aromatic nitrogens is 1. The average Bonchev–Trinajstić information content (AvgIpc) is 3.20. The molecule has 3 rings (SSSR count). The van der Waals surface area contributed by atoms with Gasteiger partial charge in [0.2, 0.25) is 17.7 Å². The summed E-state index contributed by atoms with van der Waals surface area (Å²) in [5.41, 5.74) is 0.690. The smallest absolute Gasteiger partial charge is 0.326 e. The number of likely N-dealkylation sites (tertiary alicyclic amines) is 1. The van der Waals surface area contributed by atoms with E-state index in [-0.39, 0.29) is 35.5 Å². The van der Waals surface area contributed by atoms with Gasteiger partial charge in [-0.05, 0) is 18.8 Å². The van der Waals surface area contributed by atoms with Gasteiger partial charge in [-0.3, -0.25) is 29.4 Å². The zero-order valence-corrected chi connectivity index (χ0v) is 15.4. The number of hydrogen-bond donors (Lipinski definition) is 1. The van der Waals surface area contributed by atoms with E-state index in [2.05, 4.69) is 10.5 Å². The molecule has 2 aliphatic rings. The number of nitrogens with one attached hydrogen (secondary N) is 1. The van der Waals surface area contributed by atoms with E-state index >= 15 is 0 Å². The van der Waals surface area contributed by atoms with E-state index in [9.17, 15) is 19.2 Å². The van der Waals surface area contributed by atoms with Crippen LogP contribution in [0.2, 0.25) is 0 Å². The van der Waals surface area contributed by atoms with Gasteiger partial charge in [0.15, 0.2) is 6.61 Å². The fourth-order valence-corrected chi connectivity index (χ4v) is 3.50. The Balaban J connectivity index is 1.47. The molecule has 2 atom stereocenters. The predicted molar refractivity (Wildman–Crippen MR) is 92.3 cm³/mol. The monoisotopic (exact) mass is 377 g/mol. The van der Waals surface area contributed by atoms with Crippen molar-refractivity contribution in [1.82, 2.24) is 10.1 Å². The van der Waals surface area contributed by atoms with Crippen molar-refractivity contribution >= 4 is 29.6 Å². The summed E-state index contributed by atoms with van der Waals surface area (Å²) in [6, 6.07) is 1.59. The minimum Gasteiger partial charge on any atom is -0.454 e. The third-order valence-corrected chi connectivity index (χ3v) is 4.97. The second kappa shape index (κ2) is 7.89. The van der Waals surface area contributed by atoms with E-state index in [1.165, 1.54) is 0 Å². The highest BCUT2D eigenvalue weighted by molar-refractivity contribution is 6.07. The van der Waals surface area contributed by atoms with E-state index in [1.54, 1.807) is 6.07 Å². The lowest BCUT2D eigenvalue weighted by Crippen LogP contribution is -2.37. The molecule has 1 saturated carbocycles. The lowest BCUT2D eigenvalue weighted by molar-refractivity contribution is -0.154. The van der Waals surface area contributed by atoms with Crippen LogP contribution < -0.4 is 5.32 Å². The van der Waals surface area contributed by atoms with Gasteiger partial charge in [0.05, 0.1) is 17.5 Å². The molecule has 1 saturated heterocycles. The molecule has 9 heteroatoms. The number of fused-ring (bicyclic) bond motifs is 1. The number of anilines is 1. The molecule has 27 heavy (non-hydrogen) atoms. The van der Waals surface area contributed by atoms with Crippen LogP contribution in [0.15, 0.2) is 10.6 Å². The first kappa shape index (κ1) is 19.1. The average molecular weight is 377 g/mol. The van der Waals surface area contributed by atoms with E-state index in [0.29, 0.717) is 18.5 Å². The maximum atomic E-state index is 12.3. The summed E-state index contributed by atoms with van der Waals surface area (Å²) in [5, 5.41) is 6.24. The molecule has 1 aromatic heterocycles. The van der Waals surface area contributed by atoms with Gasteiger partial charge in [-0.25, -0.2) is 0 Å². The first-order chi connectivity index (χ1) is 12.9. The van der Waals surface area contributed by atoms with Gasteiger partial charge in [-0.1, -0.05) is 31.8 Å². The van der Waals surface area contributed by atoms with Crippen molar-refractivity contribution in [1.29, 1.82) is 0 Å². The first-order valence-corrected chi connectivity index (χ1v) is 9.14. The standard InChI is InChI=1S/C18H23N3O6/c1-10(2)13-7-15(27-20-13)19-14(22)9-26-16(23)8-21-17(24)11-5-3-4-6-12(11)18(21)25/h7,10-12H,3-6,8-9H2,1-2H3,(H,19,22)/t11-,12-/m1/s1. The predicted octanol–water partition coefficient (Wildman–Crippen LogP) is 1.45. The molecule has 3 amide bonds. The van der Waals surface area contributed by atoms with Gasteiger partial charge in [0.1, 0.15) is 6.54 Å². The summed E-state index contributed by atoms with van der Waals surface area (Å²) in [7, 11) is 0. The number of nitrogens with zero attached hydrogens (tertiary/aromatic N) is 2. The summed E-state index contributed by atoms with van der Waals surface area (Å²) in [4.78, 5) is 49.4. The van der Waals surface area contributed by atoms with Crippen LogP contribution >= 0.6 is 0 Å². The molecule has 0 aromatic carbocycles. The molecule has 0 radical (unpaired) electrons. The van der Waals surface area contributed by atoms with Crippen LogP contribution in [-0.4, -0.2) is 46.9 Å². The van der Waals surface area contributed by atoms with Crippen molar-refractivity contribution in [3.8, 4) is 0 Å². The molecule has 0 bridgehead atoms. The van der Waals surface area contributed by atoms with Crippen LogP contribution in [-0.2, 0) is 23.9 Å². The fraction of sp³-hybridized carbons (Fsp3) is 0.611. The second-order valence-electron chi connectivity index (χ2n) is 7.24. The summed E-state index contributed by atoms with van der Waals surface area (Å²) < 4.78 is 9.86. The van der Waals surface area contributed by atoms with Crippen LogP contribution in [0.4, 0.5) is 5.88 Å². The molecule has 9 nitrogen and oxygen atoms in total. The third kappa shape index (κ3) is 4.17. The lowest BCUT2D eigenvalue weighted by atomic mass is 9.81. The van der Waals surface area contributed by atoms with Gasteiger partial charge in [0.25, 0.3) is 5.91 Å². The van der Waals surface area contributed by atoms with Crippen molar-refractivity contribution in [3.63, 3.8) is 0 Å². The van der Waals surface area contributed by atoms with Crippen LogP contribution in [0.3, 0.4) is 0 Å². The number of hydrogen-bond acceptors (Lipinski definition) is 7. The maximum absolute atomic E-state index is 12.3. The van der Waals surface area contributed by atoms with Gasteiger partial charge in [-0.2, -0.15) is 0 Å². The van der Waals surface area contributed by atoms with Crippen molar-refractivity contribution in [3.05, 3.63) is 11.8 Å². The SMILES string of the molecule is CC(C)c1cc(NC(=O)COC(=O)CN2C(=O)[C@@H]3CCCC[C@H]3C2=O)on1. The van der Waals surface area contributed by atoms with Gasteiger partial charge < -0.3 is 9.26 Å². The zero-order valence-electron chi connectivity index (χ0n) is 15.4. The van der Waals surface area contributed by atoms with Gasteiger partial charge in [-0.15, -0.1) is 0 Å². The summed E-state index contributed by atoms with van der Waals surface area (Å²) in [5.74, 6) is -2.34. The van der Waals surface area contributed by atoms with Crippen LogP contribution in [0, 0.1) is 11.8 Å². The minimum atomic E-state index is -0.800. The molecular formula is C18H23N3O6. The van der Waals surface area contributed by atoms with Crippen LogP contribution in [0.1, 0.15) is 51.1 Å². The van der Waals surface area contributed by atoms with E-state index < -0.39 is 25.0 Å². The number of amides is 3. The quantitative estimate of drug-likeness (QED) is 0.589. The number of ether oxygens (including phenoxy) is 1. The minimum absolute atomic E-state index is 0.149. The summed E-state index contributed by atoms with van der Waals surface area (Å²) >= 11 is 0. The third-order valence-electron chi connectivity index (χ3n) is 4.97. The van der Waals surface area contributed by atoms with Crippen molar-refractivity contribution in [2.75, 3.05) is 18.5 Å². The maximum Gasteiger partial charge on any atom is 0.326 e. The Morgan fingerprint density at radius 1 is 1.26 bits per heavy atom. The van der Waals surface area contributed by atoms with Crippen molar-refractivity contribution in [2.45, 2.75) is 45.4 Å². The molecular weight excluding hydrogens is 354 g/mol. The summed E-state index contributed by atoms with van der Waals surface area (Å²) in [6.07, 6.45) is 3.19. The summed E-state index contributed by atoms with van der Waals surface area (Å²) in [6.45, 7) is 2.86. The van der Waals surface area contributed by atoms with Gasteiger partial charge in [0, 0.05) is 6.07 Å². The highest BCUT2D eigenvalue weighted by Crippen LogP contribution is 2.37. The first-order valence-electron chi connectivity index (χ1n) is 9.14. The molecule has 2 fully saturated rings. The fourth-order valence-electron chi connectivity index (χ4n) is 3.50. The Hall–Kier alpha value is -2.71. The normalized spacial score (nSPS) is 22.1. The number of carbonyl (C=O) groups is 4. The Bertz CT molecular complexity index is 732. The number of rotatable bonds is 6. The molecule has 0 spiro atoms. The molecule has 1 N–H and O–H groups in total. The van der Waals surface area contributed by atoms with Gasteiger partial charge >= 0.3 is 5.97 Å². The van der Waals surface area contributed by atoms with E-state index in [1.807, 2.05) is 13.8 Å². The number of imide groups is 1. The highest BCUT2D eigenvalue weighted by atomic mass is 16.5. The largest absolute Gasteiger partial charge is 0.454 e. The van der Waals surface area contributed by atoms with E-state index in [0.717, 1.165) is 17.7 Å². The Morgan fingerprint density at radius 2 is 1.89 bits per heavy atom. The van der Waals surface area contributed by atoms with Crippen LogP contribution in [0.5, 0.6) is 0 Å². The Labute approximate surface area is 156 Å². The molecule has 1 aliphatic heterocycles. The highest BCUT2D eigenvalue weighted by Gasteiger charge is 2.48. The molecule has 2 heterocycles.